The molecule has 1 aromatic carbocycles. The third-order valence-electron chi connectivity index (χ3n) is 4.28. The van der Waals surface area contributed by atoms with Gasteiger partial charge in [-0.3, -0.25) is 9.36 Å². The zero-order chi connectivity index (χ0) is 19.5. The number of benzene rings is 1. The lowest BCUT2D eigenvalue weighted by atomic mass is 10.1. The topological polar surface area (TPSA) is 86.9 Å². The molecular weight excluding hydrogens is 376 g/mol. The minimum absolute atomic E-state index is 0.0180. The predicted molar refractivity (Wildman–Crippen MR) is 107 cm³/mol. The van der Waals surface area contributed by atoms with Gasteiger partial charge in [0.2, 0.25) is 5.89 Å². The number of thioether (sulfide) groups is 1. The second-order valence-electron chi connectivity index (χ2n) is 6.82. The molecule has 4 rings (SSSR count). The summed E-state index contributed by atoms with van der Waals surface area (Å²) < 4.78 is 12.7. The van der Waals surface area contributed by atoms with E-state index in [4.69, 9.17) is 13.8 Å². The van der Waals surface area contributed by atoms with Crippen molar-refractivity contribution in [3.63, 3.8) is 0 Å². The van der Waals surface area contributed by atoms with Crippen LogP contribution in [0.2, 0.25) is 0 Å². The number of nitrogens with zero attached hydrogens (tertiary/aromatic N) is 4. The van der Waals surface area contributed by atoms with Gasteiger partial charge >= 0.3 is 0 Å². The molecule has 0 fully saturated rings. The molecule has 0 aliphatic rings. The maximum atomic E-state index is 13.0. The van der Waals surface area contributed by atoms with Gasteiger partial charge in [-0.15, -0.1) is 10.2 Å². The maximum Gasteiger partial charge on any atom is 0.283 e. The summed E-state index contributed by atoms with van der Waals surface area (Å²) in [6, 6.07) is 10.9. The van der Waals surface area contributed by atoms with E-state index in [2.05, 4.69) is 24.0 Å². The van der Waals surface area contributed by atoms with Crippen molar-refractivity contribution in [3.8, 4) is 11.7 Å². The van der Waals surface area contributed by atoms with E-state index in [1.54, 1.807) is 23.0 Å². The Hall–Kier alpha value is -2.87. The summed E-state index contributed by atoms with van der Waals surface area (Å²) in [5, 5.41) is 9.36. The first-order chi connectivity index (χ1) is 13.6. The molecule has 0 atom stereocenters. The van der Waals surface area contributed by atoms with Gasteiger partial charge in [-0.1, -0.05) is 37.7 Å². The molecule has 144 valence electrons. The first kappa shape index (κ1) is 18.5. The summed E-state index contributed by atoms with van der Waals surface area (Å²) in [4.78, 5) is 17.7. The summed E-state index contributed by atoms with van der Waals surface area (Å²) in [5.74, 6) is 2.23. The SMILES string of the molecule is CC(C)CCn1c(SCc2nnc(-c3ccco3)o2)nc2ccccc2c1=O. The van der Waals surface area contributed by atoms with Gasteiger partial charge in [0.25, 0.3) is 11.4 Å². The first-order valence-corrected chi connectivity index (χ1v) is 10.1. The van der Waals surface area contributed by atoms with Crippen LogP contribution >= 0.6 is 11.8 Å². The Bertz CT molecular complexity index is 1130. The Balaban J connectivity index is 1.61. The van der Waals surface area contributed by atoms with E-state index in [1.807, 2.05) is 24.3 Å². The van der Waals surface area contributed by atoms with Gasteiger partial charge in [-0.25, -0.2) is 4.98 Å². The van der Waals surface area contributed by atoms with Gasteiger partial charge in [0, 0.05) is 6.54 Å². The molecule has 3 aromatic heterocycles. The molecule has 7 nitrogen and oxygen atoms in total. The third-order valence-corrected chi connectivity index (χ3v) is 5.24. The van der Waals surface area contributed by atoms with Gasteiger partial charge in [0.15, 0.2) is 10.9 Å². The fourth-order valence-electron chi connectivity index (χ4n) is 2.78. The smallest absolute Gasteiger partial charge is 0.283 e. The van der Waals surface area contributed by atoms with Gasteiger partial charge < -0.3 is 8.83 Å². The Morgan fingerprint density at radius 3 is 2.79 bits per heavy atom. The lowest BCUT2D eigenvalue weighted by molar-refractivity contribution is 0.479. The van der Waals surface area contributed by atoms with E-state index in [1.165, 1.54) is 11.8 Å². The molecule has 0 saturated heterocycles. The number of hydrogen-bond acceptors (Lipinski definition) is 7. The molecule has 4 aromatic rings. The lowest BCUT2D eigenvalue weighted by Gasteiger charge is -2.13. The number of furan rings is 1. The number of fused-ring (bicyclic) bond motifs is 1. The summed E-state index contributed by atoms with van der Waals surface area (Å²) in [5.41, 5.74) is 0.674. The third kappa shape index (κ3) is 3.87. The van der Waals surface area contributed by atoms with Crippen LogP contribution in [0.4, 0.5) is 0 Å². The quantitative estimate of drug-likeness (QED) is 0.338. The van der Waals surface area contributed by atoms with Crippen LogP contribution in [0.15, 0.2) is 61.4 Å². The zero-order valence-corrected chi connectivity index (χ0v) is 16.5. The highest BCUT2D eigenvalue weighted by Gasteiger charge is 2.15. The lowest BCUT2D eigenvalue weighted by Crippen LogP contribution is -2.24. The average molecular weight is 396 g/mol. The summed E-state index contributed by atoms with van der Waals surface area (Å²) in [6.07, 6.45) is 2.46. The summed E-state index contributed by atoms with van der Waals surface area (Å²) in [6.45, 7) is 4.90. The van der Waals surface area contributed by atoms with Crippen LogP contribution in [0.1, 0.15) is 26.2 Å². The van der Waals surface area contributed by atoms with Crippen LogP contribution in [0.5, 0.6) is 0 Å². The molecule has 8 heteroatoms. The molecule has 0 amide bonds. The van der Waals surface area contributed by atoms with E-state index >= 15 is 0 Å². The molecule has 0 radical (unpaired) electrons. The Labute approximate surface area is 165 Å². The summed E-state index contributed by atoms with van der Waals surface area (Å²) >= 11 is 1.42. The molecule has 0 aliphatic carbocycles. The molecule has 0 aliphatic heterocycles. The largest absolute Gasteiger partial charge is 0.459 e. The molecule has 0 saturated carbocycles. The van der Waals surface area contributed by atoms with Crippen molar-refractivity contribution in [2.75, 3.05) is 0 Å². The number of aromatic nitrogens is 4. The van der Waals surface area contributed by atoms with E-state index in [-0.39, 0.29) is 5.56 Å². The standard InChI is InChI=1S/C20H20N4O3S/c1-13(2)9-10-24-19(25)14-6-3-4-7-15(14)21-20(24)28-12-17-22-23-18(27-17)16-8-5-11-26-16/h3-8,11,13H,9-10,12H2,1-2H3. The zero-order valence-electron chi connectivity index (χ0n) is 15.7. The van der Waals surface area contributed by atoms with Crippen molar-refractivity contribution >= 4 is 22.7 Å². The van der Waals surface area contributed by atoms with E-state index in [0.717, 1.165) is 6.42 Å². The van der Waals surface area contributed by atoms with Crippen molar-refractivity contribution < 1.29 is 8.83 Å². The molecule has 0 spiro atoms. The van der Waals surface area contributed by atoms with Gasteiger partial charge in [0.05, 0.1) is 22.9 Å². The average Bonchev–Trinajstić information content (AvgIpc) is 3.37. The fourth-order valence-corrected chi connectivity index (χ4v) is 3.64. The van der Waals surface area contributed by atoms with E-state index < -0.39 is 0 Å². The maximum absolute atomic E-state index is 13.0. The van der Waals surface area contributed by atoms with Crippen molar-refractivity contribution in [1.29, 1.82) is 0 Å². The molecule has 0 unspecified atom stereocenters. The van der Waals surface area contributed by atoms with Gasteiger partial charge in [-0.2, -0.15) is 0 Å². The van der Waals surface area contributed by atoms with Crippen LogP contribution in [0.25, 0.3) is 22.6 Å². The van der Waals surface area contributed by atoms with Crippen molar-refractivity contribution in [1.82, 2.24) is 19.7 Å². The Kier molecular flexibility index (Phi) is 5.29. The highest BCUT2D eigenvalue weighted by atomic mass is 32.2. The number of rotatable bonds is 7. The number of para-hydroxylation sites is 1. The van der Waals surface area contributed by atoms with E-state index in [9.17, 15) is 4.79 Å². The van der Waals surface area contributed by atoms with Crippen LogP contribution in [0, 0.1) is 5.92 Å². The Morgan fingerprint density at radius 2 is 2.00 bits per heavy atom. The minimum atomic E-state index is -0.0180. The van der Waals surface area contributed by atoms with E-state index in [0.29, 0.717) is 51.8 Å². The minimum Gasteiger partial charge on any atom is -0.459 e. The number of hydrogen-bond donors (Lipinski definition) is 0. The normalized spacial score (nSPS) is 11.5. The second kappa shape index (κ2) is 8.02. The van der Waals surface area contributed by atoms with Crippen LogP contribution < -0.4 is 5.56 Å². The van der Waals surface area contributed by atoms with Crippen LogP contribution in [-0.2, 0) is 12.3 Å². The molecule has 28 heavy (non-hydrogen) atoms. The van der Waals surface area contributed by atoms with Gasteiger partial charge in [0.1, 0.15) is 0 Å². The monoisotopic (exact) mass is 396 g/mol. The molecule has 3 heterocycles. The fraction of sp³-hybridized carbons (Fsp3) is 0.300. The van der Waals surface area contributed by atoms with Crippen molar-refractivity contribution in [3.05, 3.63) is 58.9 Å². The molecule has 0 bridgehead atoms. The predicted octanol–water partition coefficient (Wildman–Crippen LogP) is 4.38. The Morgan fingerprint density at radius 1 is 1.14 bits per heavy atom. The first-order valence-electron chi connectivity index (χ1n) is 9.10. The summed E-state index contributed by atoms with van der Waals surface area (Å²) in [7, 11) is 0. The highest BCUT2D eigenvalue weighted by Crippen LogP contribution is 2.24. The molecule has 0 N–H and O–H groups in total. The second-order valence-corrected chi connectivity index (χ2v) is 7.76. The van der Waals surface area contributed by atoms with Crippen molar-refractivity contribution in [2.45, 2.75) is 37.7 Å². The molecular formula is C20H20N4O3S. The van der Waals surface area contributed by atoms with Crippen LogP contribution in [0.3, 0.4) is 0 Å². The van der Waals surface area contributed by atoms with Gasteiger partial charge in [-0.05, 0) is 36.6 Å². The highest BCUT2D eigenvalue weighted by molar-refractivity contribution is 7.98. The van der Waals surface area contributed by atoms with Crippen LogP contribution in [-0.4, -0.2) is 19.7 Å². The van der Waals surface area contributed by atoms with Crippen molar-refractivity contribution in [2.24, 2.45) is 5.92 Å².